The number of alkyl halides is 2. The molecule has 0 bridgehead atoms. The van der Waals surface area contributed by atoms with Gasteiger partial charge in [-0.05, 0) is 88.2 Å². The van der Waals surface area contributed by atoms with Crippen molar-refractivity contribution in [1.29, 1.82) is 0 Å². The van der Waals surface area contributed by atoms with Gasteiger partial charge in [0.25, 0.3) is 11.8 Å². The van der Waals surface area contributed by atoms with Gasteiger partial charge in [0, 0.05) is 55.7 Å². The Morgan fingerprint density at radius 2 is 1.50 bits per heavy atom. The van der Waals surface area contributed by atoms with Crippen LogP contribution in [0.15, 0.2) is 103 Å². The molecular weight excluding hydrogens is 1220 g/mol. The third-order valence-electron chi connectivity index (χ3n) is 16.4. The second-order valence-electron chi connectivity index (χ2n) is 25.2. The second-order valence-corrected chi connectivity index (χ2v) is 28.8. The van der Waals surface area contributed by atoms with Crippen LogP contribution in [0.3, 0.4) is 0 Å². The number of morpholine rings is 1. The molecule has 7 amide bonds. The van der Waals surface area contributed by atoms with Gasteiger partial charge in [-0.2, -0.15) is 8.78 Å². The number of nitrogens with zero attached hydrogens (tertiary/aromatic N) is 4. The van der Waals surface area contributed by atoms with E-state index in [1.54, 1.807) is 70.2 Å². The number of fused-ring (bicyclic) bond motifs is 2. The van der Waals surface area contributed by atoms with E-state index < -0.39 is 114 Å². The number of aliphatic hydroxyl groups excluding tert-OH is 1. The van der Waals surface area contributed by atoms with E-state index in [9.17, 15) is 57.0 Å². The number of thiophene rings is 1. The molecule has 0 radical (unpaired) electrons. The van der Waals surface area contributed by atoms with Crippen molar-refractivity contribution in [3.8, 4) is 16.2 Å². The lowest BCUT2D eigenvalue weighted by atomic mass is 9.84. The normalized spacial score (nSPS) is 19.1. The molecule has 7 N–H and O–H groups in total. The molecule has 4 unspecified atom stereocenters. The van der Waals surface area contributed by atoms with Crippen LogP contribution in [0.25, 0.3) is 20.5 Å². The minimum Gasteiger partial charge on any atom is -0.484 e. The first-order valence-electron chi connectivity index (χ1n) is 29.5. The summed E-state index contributed by atoms with van der Waals surface area (Å²) in [7, 11) is -5.89. The number of carbonyl (C=O) groups excluding carboxylic acids is 7. The lowest BCUT2D eigenvalue weighted by molar-refractivity contribution is -0.153. The van der Waals surface area contributed by atoms with Crippen molar-refractivity contribution in [1.82, 2.24) is 41.0 Å². The van der Waals surface area contributed by atoms with Gasteiger partial charge >= 0.3 is 13.3 Å². The quantitative estimate of drug-likeness (QED) is 0.0387. The molecular formula is C64H75F2N8O13PS2. The minimum absolute atomic E-state index is 0.00873. The molecule has 26 heteroatoms. The number of halogens is 2. The van der Waals surface area contributed by atoms with Gasteiger partial charge in [0.2, 0.25) is 29.5 Å². The third kappa shape index (κ3) is 15.3. The Balaban J connectivity index is 0.838. The predicted molar refractivity (Wildman–Crippen MR) is 334 cm³/mol. The number of β-amino-alcohol motifs (C(OH)–C–C–N with tert-alkyl or cyclic N) is 1. The Kier molecular flexibility index (Phi) is 20.2. The van der Waals surface area contributed by atoms with Gasteiger partial charge in [-0.1, -0.05) is 108 Å². The number of benzene rings is 4. The van der Waals surface area contributed by atoms with Crippen molar-refractivity contribution in [2.75, 3.05) is 39.4 Å². The summed E-state index contributed by atoms with van der Waals surface area (Å²) in [6.45, 7) is 14.1. The molecule has 21 nitrogen and oxygen atoms in total. The van der Waals surface area contributed by atoms with Crippen LogP contribution in [0.1, 0.15) is 117 Å². The zero-order valence-corrected chi connectivity index (χ0v) is 53.7. The highest BCUT2D eigenvalue weighted by atomic mass is 32.1. The van der Waals surface area contributed by atoms with E-state index in [4.69, 9.17) is 9.47 Å². The number of likely N-dealkylation sites (tertiary alicyclic amines) is 1. The molecule has 90 heavy (non-hydrogen) atoms. The Labute approximate surface area is 528 Å². The van der Waals surface area contributed by atoms with E-state index in [2.05, 4.69) is 26.3 Å². The number of hydrogen-bond acceptors (Lipinski definition) is 14. The van der Waals surface area contributed by atoms with Crippen LogP contribution in [0.4, 0.5) is 8.78 Å². The Hall–Kier alpha value is -7.51. The van der Waals surface area contributed by atoms with E-state index in [1.807, 2.05) is 68.4 Å². The number of aromatic nitrogens is 1. The van der Waals surface area contributed by atoms with Crippen LogP contribution < -0.4 is 26.0 Å². The Morgan fingerprint density at radius 1 is 0.811 bits per heavy atom. The van der Waals surface area contributed by atoms with Crippen LogP contribution >= 0.6 is 30.3 Å². The zero-order valence-electron chi connectivity index (χ0n) is 51.2. The zero-order chi connectivity index (χ0) is 65.2. The largest absolute Gasteiger partial charge is 0.484 e. The fraction of sp³-hybridized carbons (Fsp3) is 0.438. The van der Waals surface area contributed by atoms with Crippen molar-refractivity contribution in [2.24, 2.45) is 10.8 Å². The van der Waals surface area contributed by atoms with Gasteiger partial charge in [0.05, 0.1) is 46.3 Å². The monoisotopic (exact) mass is 1300 g/mol. The summed E-state index contributed by atoms with van der Waals surface area (Å²) < 4.78 is 53.5. The van der Waals surface area contributed by atoms with E-state index in [0.29, 0.717) is 10.3 Å². The fourth-order valence-electron chi connectivity index (χ4n) is 11.3. The summed E-state index contributed by atoms with van der Waals surface area (Å²) >= 11 is 2.47. The highest BCUT2D eigenvalue weighted by molar-refractivity contribution is 7.52. The minimum atomic E-state index is -5.89. The molecule has 7 atom stereocenters. The number of ether oxygens (including phenoxy) is 2. The van der Waals surface area contributed by atoms with Crippen molar-refractivity contribution in [3.05, 3.63) is 141 Å². The molecule has 4 aromatic carbocycles. The predicted octanol–water partition coefficient (Wildman–Crippen LogP) is 7.51. The van der Waals surface area contributed by atoms with Gasteiger partial charge in [0.15, 0.2) is 6.61 Å². The average Bonchev–Trinajstić information content (AvgIpc) is 1.22. The Morgan fingerprint density at radius 3 is 2.17 bits per heavy atom. The molecule has 2 aromatic heterocycles. The van der Waals surface area contributed by atoms with Gasteiger partial charge in [0.1, 0.15) is 36.0 Å². The summed E-state index contributed by atoms with van der Waals surface area (Å²) in [4.78, 5) is 128. The number of aliphatic hydroxyl groups is 1. The van der Waals surface area contributed by atoms with Crippen molar-refractivity contribution >= 4 is 81.7 Å². The van der Waals surface area contributed by atoms with Crippen molar-refractivity contribution < 1.29 is 71.3 Å². The summed E-state index contributed by atoms with van der Waals surface area (Å²) in [5.74, 6) is -3.53. The number of amides is 7. The number of nitrogens with one attached hydrogen (secondary N) is 4. The molecule has 2 saturated heterocycles. The maximum absolute atomic E-state index is 15.2. The van der Waals surface area contributed by atoms with Gasteiger partial charge < -0.3 is 60.3 Å². The lowest BCUT2D eigenvalue weighted by Crippen LogP contribution is -2.61. The maximum Gasteiger partial charge on any atom is 0.399 e. The molecule has 6 aromatic rings. The van der Waals surface area contributed by atoms with Crippen LogP contribution in [0.5, 0.6) is 5.75 Å². The molecule has 480 valence electrons. The first kappa shape index (κ1) is 66.9. The van der Waals surface area contributed by atoms with E-state index in [1.165, 1.54) is 33.3 Å². The molecule has 3 aliphatic heterocycles. The maximum atomic E-state index is 15.2. The van der Waals surface area contributed by atoms with Crippen LogP contribution in [0, 0.1) is 17.8 Å². The number of carbonyl (C=O) groups is 7. The highest BCUT2D eigenvalue weighted by Crippen LogP contribution is 2.59. The third-order valence-corrected chi connectivity index (χ3v) is 19.5. The molecule has 2 fully saturated rings. The standard InChI is InChI=1S/C64H75F2N8O13PS2/c1-36(38-14-16-40(17-15-38)54-37(2)68-35-89-54)69-57(78)47-30-45(75)32-74(47)60(81)55(62(3,4)5)70-52(76)22-23-67-53(77)34-87-46-20-18-41-28-48(59(80)72-24-25-86-49(33-72)39-12-10-9-11-13-39)73(31-43(41)27-46)61(82)56(63(6,7)8)71-58(79)51-29-42-26-44(19-21-50(42)90-51)64(65,66)88(83,84)85/h9-21,26-27,29,35-36,45,47-49,55-56,75H,22-25,28,30-34H2,1-8H3,(H,67,77)(H,69,78)(H,70,76)(H,71,79)(H2,83,84,85)/t36-,45+,47-,48?,49?,55?,56?/m0/s1. The smallest absolute Gasteiger partial charge is 0.399 e. The average molecular weight is 1300 g/mol. The summed E-state index contributed by atoms with van der Waals surface area (Å²) in [6, 6.07) is 21.7. The van der Waals surface area contributed by atoms with Crippen molar-refractivity contribution in [2.45, 2.75) is 129 Å². The Bertz CT molecular complexity index is 3720. The van der Waals surface area contributed by atoms with E-state index >= 15 is 4.79 Å². The summed E-state index contributed by atoms with van der Waals surface area (Å²) in [6.07, 6.45) is -1.55. The van der Waals surface area contributed by atoms with Gasteiger partial charge in [-0.15, -0.1) is 22.7 Å². The SMILES string of the molecule is Cc1ncsc1-c1ccc([C@H](C)NC(=O)[C@@H]2C[C@@H](O)CN2C(=O)C(NC(=O)CCNC(=O)COc2ccc3c(c2)CN(C(=O)C(NC(=O)c2cc4cc(C(F)(F)P(=O)(O)O)ccc4s2)C(C)(C)C)C(C(=O)N2CCOC(c4ccccc4)C2)C3)C(C)(C)C)cc1. The summed E-state index contributed by atoms with van der Waals surface area (Å²) in [5, 5.41) is 22.2. The lowest BCUT2D eigenvalue weighted by Gasteiger charge is -2.43. The van der Waals surface area contributed by atoms with Gasteiger partial charge in [-0.3, -0.25) is 38.1 Å². The van der Waals surface area contributed by atoms with E-state index in [0.717, 1.165) is 56.3 Å². The number of aryl methyl sites for hydroxylation is 1. The summed E-state index contributed by atoms with van der Waals surface area (Å²) in [5.41, 5.74) is -0.488. The van der Waals surface area contributed by atoms with Crippen LogP contribution in [-0.4, -0.2) is 146 Å². The first-order valence-corrected chi connectivity index (χ1v) is 32.8. The molecule has 0 saturated carbocycles. The molecule has 3 aliphatic rings. The molecule has 5 heterocycles. The highest BCUT2D eigenvalue weighted by Gasteiger charge is 2.51. The van der Waals surface area contributed by atoms with Crippen LogP contribution in [-0.2, 0) is 56.7 Å². The molecule has 9 rings (SSSR count). The number of hydrogen-bond donors (Lipinski definition) is 7. The fourth-order valence-corrected chi connectivity index (χ4v) is 13.6. The van der Waals surface area contributed by atoms with E-state index in [-0.39, 0.29) is 80.5 Å². The van der Waals surface area contributed by atoms with Gasteiger partial charge in [-0.25, -0.2) is 4.98 Å². The molecule has 0 aliphatic carbocycles. The van der Waals surface area contributed by atoms with Crippen LogP contribution in [0.2, 0.25) is 0 Å². The number of thiazole rings is 1. The first-order chi connectivity index (χ1) is 42.4. The topological polar surface area (TPSA) is 286 Å². The molecule has 0 spiro atoms. The van der Waals surface area contributed by atoms with Crippen molar-refractivity contribution in [3.63, 3.8) is 0 Å². The second kappa shape index (κ2) is 27.1. The number of rotatable bonds is 19.